The normalized spacial score (nSPS) is 27.4. The van der Waals surface area contributed by atoms with Crippen LogP contribution in [-0.2, 0) is 14.3 Å². The third-order valence-electron chi connectivity index (χ3n) is 4.08. The molecule has 0 saturated carbocycles. The molecule has 0 bridgehead atoms. The topological polar surface area (TPSA) is 79.9 Å². The lowest BCUT2D eigenvalue weighted by Crippen LogP contribution is -2.48. The summed E-state index contributed by atoms with van der Waals surface area (Å²) in [5.41, 5.74) is 0.911. The molecule has 2 heterocycles. The zero-order valence-electron chi connectivity index (χ0n) is 13.6. The van der Waals surface area contributed by atoms with Gasteiger partial charge in [-0.2, -0.15) is 0 Å². The Morgan fingerprint density at radius 2 is 2.08 bits per heavy atom. The first-order valence-corrected chi connectivity index (χ1v) is 7.91. The van der Waals surface area contributed by atoms with E-state index in [1.54, 1.807) is 24.3 Å². The van der Waals surface area contributed by atoms with Crippen LogP contribution in [0.5, 0.6) is 0 Å². The van der Waals surface area contributed by atoms with E-state index in [2.05, 4.69) is 10.6 Å². The number of carbonyl (C=O) groups excluding carboxylic acids is 2. The fourth-order valence-electron chi connectivity index (χ4n) is 3.00. The van der Waals surface area contributed by atoms with Gasteiger partial charge in [0.15, 0.2) is 12.6 Å². The van der Waals surface area contributed by atoms with Crippen LogP contribution in [0, 0.1) is 0 Å². The van der Waals surface area contributed by atoms with E-state index in [4.69, 9.17) is 9.47 Å². The van der Waals surface area contributed by atoms with Crippen molar-refractivity contribution in [2.75, 3.05) is 24.7 Å². The van der Waals surface area contributed by atoms with Crippen molar-refractivity contribution in [1.82, 2.24) is 10.6 Å². The van der Waals surface area contributed by atoms with Crippen molar-refractivity contribution < 1.29 is 27.8 Å². The summed E-state index contributed by atoms with van der Waals surface area (Å²) in [6.45, 7) is 1.13. The lowest BCUT2D eigenvalue weighted by Gasteiger charge is -2.35. The number of amides is 2. The minimum Gasteiger partial charge on any atom is -0.442 e. The van der Waals surface area contributed by atoms with Gasteiger partial charge in [-0.1, -0.05) is 12.1 Å². The number of nitrogens with zero attached hydrogens (tertiary/aromatic N) is 1. The highest BCUT2D eigenvalue weighted by atomic mass is 19.2. The Labute approximate surface area is 143 Å². The predicted octanol–water partition coefficient (Wildman–Crippen LogP) is 1.40. The lowest BCUT2D eigenvalue weighted by atomic mass is 10.00. The van der Waals surface area contributed by atoms with E-state index in [0.29, 0.717) is 11.3 Å². The van der Waals surface area contributed by atoms with Crippen molar-refractivity contribution >= 4 is 17.7 Å². The van der Waals surface area contributed by atoms with Gasteiger partial charge in [-0.25, -0.2) is 13.6 Å². The number of benzene rings is 1. The number of morpholine rings is 1. The van der Waals surface area contributed by atoms with Gasteiger partial charge in [0.25, 0.3) is 0 Å². The maximum absolute atomic E-state index is 14.1. The third kappa shape index (κ3) is 3.81. The summed E-state index contributed by atoms with van der Waals surface area (Å²) in [5, 5.41) is 5.25. The molecule has 3 unspecified atom stereocenters. The molecule has 1 aromatic rings. The first-order chi connectivity index (χ1) is 12.0. The van der Waals surface area contributed by atoms with Gasteiger partial charge >= 0.3 is 6.09 Å². The van der Waals surface area contributed by atoms with Crippen molar-refractivity contribution in [1.29, 1.82) is 0 Å². The average molecular weight is 355 g/mol. The van der Waals surface area contributed by atoms with Crippen LogP contribution in [0.3, 0.4) is 0 Å². The Kier molecular flexibility index (Phi) is 5.03. The van der Waals surface area contributed by atoms with Crippen LogP contribution >= 0.6 is 0 Å². The number of carbonyl (C=O) groups is 2. The van der Waals surface area contributed by atoms with Crippen LogP contribution in [0.4, 0.5) is 19.3 Å². The summed E-state index contributed by atoms with van der Waals surface area (Å²) < 4.78 is 38.2. The van der Waals surface area contributed by atoms with Crippen LogP contribution in [0.1, 0.15) is 18.5 Å². The van der Waals surface area contributed by atoms with Crippen molar-refractivity contribution in [2.24, 2.45) is 0 Å². The van der Waals surface area contributed by atoms with Crippen molar-refractivity contribution in [3.05, 3.63) is 29.8 Å². The molecule has 4 atom stereocenters. The van der Waals surface area contributed by atoms with E-state index in [-0.39, 0.29) is 25.7 Å². The molecule has 9 heteroatoms. The predicted molar refractivity (Wildman–Crippen MR) is 84.4 cm³/mol. The van der Waals surface area contributed by atoms with E-state index >= 15 is 0 Å². The number of alkyl carbamates (subject to hydrolysis) is 1. The fourth-order valence-corrected chi connectivity index (χ4v) is 3.00. The summed E-state index contributed by atoms with van der Waals surface area (Å²) in [4.78, 5) is 23.8. The Bertz CT molecular complexity index is 650. The molecule has 0 aliphatic carbocycles. The molecule has 25 heavy (non-hydrogen) atoms. The molecule has 0 aromatic heterocycles. The van der Waals surface area contributed by atoms with E-state index in [1.165, 1.54) is 6.92 Å². The monoisotopic (exact) mass is 355 g/mol. The first-order valence-electron chi connectivity index (χ1n) is 7.91. The Balaban J connectivity index is 1.89. The molecular formula is C16H19F2N3O4. The van der Waals surface area contributed by atoms with Crippen LogP contribution in [0.15, 0.2) is 24.3 Å². The molecule has 1 aromatic carbocycles. The van der Waals surface area contributed by atoms with Crippen molar-refractivity contribution in [3.63, 3.8) is 0 Å². The molecule has 136 valence electrons. The summed E-state index contributed by atoms with van der Waals surface area (Å²) in [5.74, 6) is -0.309. The smallest absolute Gasteiger partial charge is 0.407 e. The van der Waals surface area contributed by atoms with Gasteiger partial charge in [0.05, 0.1) is 25.8 Å². The maximum atomic E-state index is 14.1. The number of alkyl halides is 2. The fraction of sp³-hybridized carbons (Fsp3) is 0.500. The molecule has 2 aliphatic heterocycles. The number of anilines is 1. The largest absolute Gasteiger partial charge is 0.442 e. The molecule has 2 amide bonds. The minimum absolute atomic E-state index is 0.218. The molecule has 0 spiro atoms. The highest BCUT2D eigenvalue weighted by molar-refractivity contribution is 5.74. The van der Waals surface area contributed by atoms with Gasteiger partial charge in [-0.05, 0) is 17.7 Å². The number of nitrogens with one attached hydrogen (secondary N) is 2. The van der Waals surface area contributed by atoms with Gasteiger partial charge in [0.2, 0.25) is 5.91 Å². The summed E-state index contributed by atoms with van der Waals surface area (Å²) in [6.07, 6.45) is -4.40. The molecule has 2 aliphatic rings. The number of cyclic esters (lactones) is 1. The number of hydrogen-bond acceptors (Lipinski definition) is 5. The van der Waals surface area contributed by atoms with E-state index in [0.717, 1.165) is 4.90 Å². The highest BCUT2D eigenvalue weighted by Crippen LogP contribution is 2.30. The standard InChI is InChI=1S/C16H19F2N3O4/c1-9(22)20-15(12-6-19-16(23)25-12)10-3-2-4-11(5-10)21-13(17)7-24-8-14(21)18/h2-5,12-15H,6-8H2,1H3,(H,19,23)(H,20,22)/t12?,13-,14?,15?/m1/s1. The van der Waals surface area contributed by atoms with E-state index in [1.807, 2.05) is 0 Å². The van der Waals surface area contributed by atoms with Gasteiger partial charge in [0, 0.05) is 12.6 Å². The highest BCUT2D eigenvalue weighted by Gasteiger charge is 2.35. The van der Waals surface area contributed by atoms with Gasteiger partial charge in [-0.15, -0.1) is 0 Å². The van der Waals surface area contributed by atoms with E-state index in [9.17, 15) is 18.4 Å². The summed E-state index contributed by atoms with van der Waals surface area (Å²) in [6, 6.07) is 5.87. The molecule has 0 radical (unpaired) electrons. The van der Waals surface area contributed by atoms with Gasteiger partial charge in [0.1, 0.15) is 6.10 Å². The second-order valence-corrected chi connectivity index (χ2v) is 5.91. The zero-order valence-corrected chi connectivity index (χ0v) is 13.6. The summed E-state index contributed by atoms with van der Waals surface area (Å²) >= 11 is 0. The van der Waals surface area contributed by atoms with Gasteiger partial charge in [-0.3, -0.25) is 4.79 Å². The Morgan fingerprint density at radius 1 is 1.36 bits per heavy atom. The van der Waals surface area contributed by atoms with Crippen LogP contribution in [0.25, 0.3) is 0 Å². The van der Waals surface area contributed by atoms with Crippen LogP contribution in [0.2, 0.25) is 0 Å². The second kappa shape index (κ2) is 7.22. The molecule has 2 saturated heterocycles. The van der Waals surface area contributed by atoms with Crippen LogP contribution in [-0.4, -0.2) is 50.5 Å². The average Bonchev–Trinajstić information content (AvgIpc) is 2.99. The minimum atomic E-state index is -1.61. The molecule has 7 nitrogen and oxygen atoms in total. The van der Waals surface area contributed by atoms with Crippen LogP contribution < -0.4 is 15.5 Å². The van der Waals surface area contributed by atoms with Gasteiger partial charge < -0.3 is 25.0 Å². The molecule has 2 fully saturated rings. The maximum Gasteiger partial charge on any atom is 0.407 e. The number of halogens is 2. The van der Waals surface area contributed by atoms with Crippen molar-refractivity contribution in [2.45, 2.75) is 31.7 Å². The van der Waals surface area contributed by atoms with Crippen molar-refractivity contribution in [3.8, 4) is 0 Å². The Morgan fingerprint density at radius 3 is 2.68 bits per heavy atom. The zero-order chi connectivity index (χ0) is 18.0. The molecule has 3 rings (SSSR count). The Hall–Kier alpha value is -2.42. The molecule has 2 N–H and O–H groups in total. The number of hydrogen-bond donors (Lipinski definition) is 2. The summed E-state index contributed by atoms with van der Waals surface area (Å²) in [7, 11) is 0. The van der Waals surface area contributed by atoms with E-state index < -0.39 is 30.8 Å². The number of rotatable bonds is 4. The number of ether oxygens (including phenoxy) is 2. The first kappa shape index (κ1) is 17.4. The quantitative estimate of drug-likeness (QED) is 0.798. The molecular weight excluding hydrogens is 336 g/mol. The SMILES string of the molecule is CC(=O)NC(c1cccc(N2C(F)COC[C@@H]2F)c1)C1CNC(=O)O1. The second-order valence-electron chi connectivity index (χ2n) is 5.91. The lowest BCUT2D eigenvalue weighted by molar-refractivity contribution is -0.120. The third-order valence-corrected chi connectivity index (χ3v) is 4.08.